The average Bonchev–Trinajstić information content (AvgIpc) is 3.06. The van der Waals surface area contributed by atoms with Crippen molar-refractivity contribution in [3.63, 3.8) is 0 Å². The lowest BCUT2D eigenvalue weighted by atomic mass is 10.1. The van der Waals surface area contributed by atoms with E-state index in [2.05, 4.69) is 24.8 Å². The van der Waals surface area contributed by atoms with Crippen LogP contribution >= 0.6 is 0 Å². The summed E-state index contributed by atoms with van der Waals surface area (Å²) >= 11 is 0. The molecule has 0 heterocycles. The average molecular weight is 224 g/mol. The minimum absolute atomic E-state index is 0.154. The van der Waals surface area contributed by atoms with Gasteiger partial charge in [0.25, 0.3) is 0 Å². The first-order valence-corrected chi connectivity index (χ1v) is 5.82. The van der Waals surface area contributed by atoms with Crippen LogP contribution in [0.1, 0.15) is 33.1 Å². The SMILES string of the molecule is COC(=O)C(C1CC1)N(CCC#N)C(C)C. The maximum absolute atomic E-state index is 11.8. The van der Waals surface area contributed by atoms with Crippen LogP contribution in [0.2, 0.25) is 0 Å². The maximum Gasteiger partial charge on any atom is 0.323 e. The van der Waals surface area contributed by atoms with E-state index in [1.165, 1.54) is 7.11 Å². The van der Waals surface area contributed by atoms with Gasteiger partial charge in [-0.2, -0.15) is 5.26 Å². The molecule has 1 fully saturated rings. The Labute approximate surface area is 97.2 Å². The summed E-state index contributed by atoms with van der Waals surface area (Å²) in [6.45, 7) is 4.75. The molecule has 0 N–H and O–H groups in total. The second kappa shape index (κ2) is 5.86. The van der Waals surface area contributed by atoms with E-state index >= 15 is 0 Å². The molecule has 90 valence electrons. The van der Waals surface area contributed by atoms with E-state index in [-0.39, 0.29) is 18.1 Å². The summed E-state index contributed by atoms with van der Waals surface area (Å²) in [6, 6.07) is 2.24. The number of hydrogen-bond acceptors (Lipinski definition) is 4. The lowest BCUT2D eigenvalue weighted by Gasteiger charge is -2.32. The molecule has 0 aromatic rings. The molecule has 0 aromatic heterocycles. The fourth-order valence-corrected chi connectivity index (χ4v) is 2.03. The van der Waals surface area contributed by atoms with Crippen molar-refractivity contribution in [2.75, 3.05) is 13.7 Å². The second-order valence-corrected chi connectivity index (χ2v) is 4.55. The number of methoxy groups -OCH3 is 1. The van der Waals surface area contributed by atoms with Crippen LogP contribution in [-0.4, -0.2) is 36.6 Å². The zero-order chi connectivity index (χ0) is 12.1. The number of ether oxygens (including phenoxy) is 1. The van der Waals surface area contributed by atoms with E-state index in [1.54, 1.807) is 0 Å². The first-order chi connectivity index (χ1) is 7.61. The topological polar surface area (TPSA) is 53.3 Å². The van der Waals surface area contributed by atoms with Crippen LogP contribution in [0, 0.1) is 17.2 Å². The lowest BCUT2D eigenvalue weighted by Crippen LogP contribution is -2.47. The monoisotopic (exact) mass is 224 g/mol. The Morgan fingerprint density at radius 1 is 1.56 bits per heavy atom. The van der Waals surface area contributed by atoms with Crippen molar-refractivity contribution in [3.8, 4) is 6.07 Å². The van der Waals surface area contributed by atoms with Gasteiger partial charge in [0.05, 0.1) is 13.2 Å². The fourth-order valence-electron chi connectivity index (χ4n) is 2.03. The van der Waals surface area contributed by atoms with Crippen molar-refractivity contribution >= 4 is 5.97 Å². The van der Waals surface area contributed by atoms with Gasteiger partial charge >= 0.3 is 5.97 Å². The van der Waals surface area contributed by atoms with E-state index in [0.29, 0.717) is 18.9 Å². The number of nitrogens with zero attached hydrogens (tertiary/aromatic N) is 2. The second-order valence-electron chi connectivity index (χ2n) is 4.55. The Morgan fingerprint density at radius 2 is 2.19 bits per heavy atom. The van der Waals surface area contributed by atoms with Crippen LogP contribution in [0.5, 0.6) is 0 Å². The third-order valence-electron chi connectivity index (χ3n) is 3.01. The Hall–Kier alpha value is -1.08. The van der Waals surface area contributed by atoms with Crippen LogP contribution in [-0.2, 0) is 9.53 Å². The summed E-state index contributed by atoms with van der Waals surface area (Å²) < 4.78 is 4.86. The predicted octanol–water partition coefficient (Wildman–Crippen LogP) is 1.56. The Morgan fingerprint density at radius 3 is 2.56 bits per heavy atom. The molecule has 0 spiro atoms. The highest BCUT2D eigenvalue weighted by atomic mass is 16.5. The summed E-state index contributed by atoms with van der Waals surface area (Å²) in [7, 11) is 1.43. The summed E-state index contributed by atoms with van der Waals surface area (Å²) in [5, 5.41) is 8.64. The highest BCUT2D eigenvalue weighted by Crippen LogP contribution is 2.36. The zero-order valence-corrected chi connectivity index (χ0v) is 10.3. The number of carbonyl (C=O) groups excluding carboxylic acids is 1. The molecule has 4 heteroatoms. The molecule has 0 saturated heterocycles. The summed E-state index contributed by atoms with van der Waals surface area (Å²) in [5.74, 6) is 0.266. The van der Waals surface area contributed by atoms with Crippen molar-refractivity contribution < 1.29 is 9.53 Å². The van der Waals surface area contributed by atoms with Gasteiger partial charge in [0.15, 0.2) is 0 Å². The molecule has 4 nitrogen and oxygen atoms in total. The van der Waals surface area contributed by atoms with Gasteiger partial charge in [-0.05, 0) is 32.6 Å². The standard InChI is InChI=1S/C12H20N2O2/c1-9(2)14(8-4-7-13)11(10-5-6-10)12(15)16-3/h9-11H,4-6,8H2,1-3H3. The van der Waals surface area contributed by atoms with E-state index in [0.717, 1.165) is 12.8 Å². The molecule has 1 aliphatic rings. The molecule has 1 aliphatic carbocycles. The zero-order valence-electron chi connectivity index (χ0n) is 10.3. The third-order valence-corrected chi connectivity index (χ3v) is 3.01. The van der Waals surface area contributed by atoms with Crippen LogP contribution in [0.3, 0.4) is 0 Å². The molecule has 0 radical (unpaired) electrons. The summed E-state index contributed by atoms with van der Waals surface area (Å²) in [4.78, 5) is 13.8. The Kier molecular flexibility index (Phi) is 4.75. The number of nitriles is 1. The van der Waals surface area contributed by atoms with Crippen LogP contribution in [0.4, 0.5) is 0 Å². The van der Waals surface area contributed by atoms with Gasteiger partial charge in [-0.15, -0.1) is 0 Å². The van der Waals surface area contributed by atoms with Gasteiger partial charge < -0.3 is 4.74 Å². The first-order valence-electron chi connectivity index (χ1n) is 5.82. The third kappa shape index (κ3) is 3.21. The highest BCUT2D eigenvalue weighted by Gasteiger charge is 2.41. The minimum Gasteiger partial charge on any atom is -0.468 e. The van der Waals surface area contributed by atoms with Gasteiger partial charge in [0, 0.05) is 19.0 Å². The van der Waals surface area contributed by atoms with E-state index < -0.39 is 0 Å². The maximum atomic E-state index is 11.8. The summed E-state index contributed by atoms with van der Waals surface area (Å²) in [6.07, 6.45) is 2.64. The molecular formula is C12H20N2O2. The van der Waals surface area contributed by atoms with Crippen molar-refractivity contribution in [3.05, 3.63) is 0 Å². The van der Waals surface area contributed by atoms with E-state index in [1.807, 2.05) is 0 Å². The largest absolute Gasteiger partial charge is 0.468 e. The minimum atomic E-state index is -0.158. The van der Waals surface area contributed by atoms with Gasteiger partial charge in [-0.3, -0.25) is 9.69 Å². The normalized spacial score (nSPS) is 17.2. The smallest absolute Gasteiger partial charge is 0.323 e. The van der Waals surface area contributed by atoms with Crippen molar-refractivity contribution in [2.24, 2.45) is 5.92 Å². The van der Waals surface area contributed by atoms with Crippen LogP contribution in [0.25, 0.3) is 0 Å². The van der Waals surface area contributed by atoms with Crippen LogP contribution < -0.4 is 0 Å². The number of esters is 1. The molecule has 0 bridgehead atoms. The predicted molar refractivity (Wildman–Crippen MR) is 60.6 cm³/mol. The van der Waals surface area contributed by atoms with Gasteiger partial charge in [-0.1, -0.05) is 0 Å². The quantitative estimate of drug-likeness (QED) is 0.642. The Balaban J connectivity index is 2.71. The fraction of sp³-hybridized carbons (Fsp3) is 0.833. The van der Waals surface area contributed by atoms with E-state index in [9.17, 15) is 4.79 Å². The van der Waals surface area contributed by atoms with Gasteiger partial charge in [0.1, 0.15) is 6.04 Å². The van der Waals surface area contributed by atoms with Crippen molar-refractivity contribution in [1.29, 1.82) is 5.26 Å². The van der Waals surface area contributed by atoms with Crippen molar-refractivity contribution in [1.82, 2.24) is 4.90 Å². The molecule has 1 atom stereocenters. The highest BCUT2D eigenvalue weighted by molar-refractivity contribution is 5.76. The van der Waals surface area contributed by atoms with Gasteiger partial charge in [-0.25, -0.2) is 0 Å². The molecule has 16 heavy (non-hydrogen) atoms. The van der Waals surface area contributed by atoms with Crippen molar-refractivity contribution in [2.45, 2.75) is 45.2 Å². The van der Waals surface area contributed by atoms with E-state index in [4.69, 9.17) is 10.00 Å². The lowest BCUT2D eigenvalue weighted by molar-refractivity contribution is -0.148. The number of carbonyl (C=O) groups is 1. The van der Waals surface area contributed by atoms with Gasteiger partial charge in [0.2, 0.25) is 0 Å². The Bertz CT molecular complexity index is 279. The molecule has 0 aromatic carbocycles. The molecule has 0 amide bonds. The summed E-state index contributed by atoms with van der Waals surface area (Å²) in [5.41, 5.74) is 0. The molecule has 1 saturated carbocycles. The number of hydrogen-bond donors (Lipinski definition) is 0. The molecular weight excluding hydrogens is 204 g/mol. The first kappa shape index (κ1) is 13.0. The molecule has 1 unspecified atom stereocenters. The number of rotatable bonds is 6. The molecule has 1 rings (SSSR count). The van der Waals surface area contributed by atoms with Crippen LogP contribution in [0.15, 0.2) is 0 Å². The molecule has 0 aliphatic heterocycles.